The molecule has 2 rings (SSSR count). The first-order valence-electron chi connectivity index (χ1n) is 7.36. The zero-order valence-electron chi connectivity index (χ0n) is 12.5. The van der Waals surface area contributed by atoms with E-state index >= 15 is 0 Å². The second-order valence-corrected chi connectivity index (χ2v) is 5.84. The van der Waals surface area contributed by atoms with Crippen molar-refractivity contribution in [3.05, 3.63) is 22.8 Å². The minimum atomic E-state index is 0.234. The minimum Gasteiger partial charge on any atom is -0.372 e. The molecule has 0 aliphatic carbocycles. The van der Waals surface area contributed by atoms with Crippen LogP contribution in [0.4, 0.5) is 5.82 Å². The van der Waals surface area contributed by atoms with Crippen LogP contribution in [0.5, 0.6) is 0 Å². The molecular formula is C15H24ClN3O. The Morgan fingerprint density at radius 1 is 1.35 bits per heavy atom. The summed E-state index contributed by atoms with van der Waals surface area (Å²) in [5.74, 6) is 0.990. The van der Waals surface area contributed by atoms with Crippen LogP contribution in [0.15, 0.2) is 12.1 Å². The number of aromatic nitrogens is 1. The predicted octanol–water partition coefficient (Wildman–Crippen LogP) is 2.85. The largest absolute Gasteiger partial charge is 0.372 e. The summed E-state index contributed by atoms with van der Waals surface area (Å²) in [6.07, 6.45) is 1.58. The number of ether oxygens (including phenoxy) is 1. The summed E-state index contributed by atoms with van der Waals surface area (Å²) < 4.78 is 5.76. The number of anilines is 1. The molecule has 1 saturated heterocycles. The van der Waals surface area contributed by atoms with E-state index in [1.54, 1.807) is 0 Å². The highest BCUT2D eigenvalue weighted by Crippen LogP contribution is 2.22. The van der Waals surface area contributed by atoms with Crippen molar-refractivity contribution in [3.8, 4) is 0 Å². The van der Waals surface area contributed by atoms with E-state index in [1.165, 1.54) is 0 Å². The Balaban J connectivity index is 2.09. The van der Waals surface area contributed by atoms with Gasteiger partial charge < -0.3 is 15.0 Å². The monoisotopic (exact) mass is 297 g/mol. The summed E-state index contributed by atoms with van der Waals surface area (Å²) in [6, 6.07) is 3.94. The van der Waals surface area contributed by atoms with Gasteiger partial charge in [0.05, 0.1) is 22.9 Å². The minimum absolute atomic E-state index is 0.234. The van der Waals surface area contributed by atoms with Crippen molar-refractivity contribution in [1.29, 1.82) is 0 Å². The number of nitrogens with one attached hydrogen (secondary N) is 1. The average molecular weight is 298 g/mol. The van der Waals surface area contributed by atoms with Gasteiger partial charge in [-0.15, -0.1) is 0 Å². The lowest BCUT2D eigenvalue weighted by Gasteiger charge is -2.36. The first-order valence-corrected chi connectivity index (χ1v) is 7.74. The number of nitrogens with zero attached hydrogens (tertiary/aromatic N) is 2. The van der Waals surface area contributed by atoms with Crippen LogP contribution in [0.25, 0.3) is 0 Å². The smallest absolute Gasteiger partial charge is 0.129 e. The molecule has 20 heavy (non-hydrogen) atoms. The molecule has 1 aliphatic heterocycles. The van der Waals surface area contributed by atoms with Crippen LogP contribution in [0.3, 0.4) is 0 Å². The van der Waals surface area contributed by atoms with Gasteiger partial charge in [0.25, 0.3) is 0 Å². The average Bonchev–Trinajstić information content (AvgIpc) is 2.40. The molecule has 0 saturated carbocycles. The molecule has 2 atom stereocenters. The lowest BCUT2D eigenvalue weighted by molar-refractivity contribution is -0.00546. The van der Waals surface area contributed by atoms with E-state index < -0.39 is 0 Å². The van der Waals surface area contributed by atoms with Gasteiger partial charge >= 0.3 is 0 Å². The molecule has 0 unspecified atom stereocenters. The third-order valence-corrected chi connectivity index (χ3v) is 3.71. The van der Waals surface area contributed by atoms with Gasteiger partial charge in [-0.25, -0.2) is 4.98 Å². The Morgan fingerprint density at radius 2 is 2.05 bits per heavy atom. The summed E-state index contributed by atoms with van der Waals surface area (Å²) >= 11 is 6.23. The third-order valence-electron chi connectivity index (χ3n) is 3.37. The Bertz CT molecular complexity index is 431. The number of halogens is 1. The van der Waals surface area contributed by atoms with Crippen molar-refractivity contribution in [2.75, 3.05) is 24.5 Å². The first kappa shape index (κ1) is 15.5. The number of hydrogen-bond donors (Lipinski definition) is 1. The van der Waals surface area contributed by atoms with Crippen LogP contribution in [0, 0.1) is 0 Å². The van der Waals surface area contributed by atoms with Gasteiger partial charge in [-0.05, 0) is 38.9 Å². The summed E-state index contributed by atoms with van der Waals surface area (Å²) in [7, 11) is 0. The van der Waals surface area contributed by atoms with Crippen LogP contribution < -0.4 is 10.2 Å². The normalized spacial score (nSPS) is 23.1. The molecule has 0 amide bonds. The molecule has 1 N–H and O–H groups in total. The van der Waals surface area contributed by atoms with Gasteiger partial charge in [-0.2, -0.15) is 0 Å². The maximum absolute atomic E-state index is 6.23. The highest BCUT2D eigenvalue weighted by atomic mass is 35.5. The molecule has 0 radical (unpaired) electrons. The fourth-order valence-electron chi connectivity index (χ4n) is 2.52. The Hall–Kier alpha value is -0.840. The van der Waals surface area contributed by atoms with E-state index in [0.29, 0.717) is 0 Å². The van der Waals surface area contributed by atoms with E-state index in [-0.39, 0.29) is 12.2 Å². The number of morpholine rings is 1. The molecule has 0 aromatic carbocycles. The quantitative estimate of drug-likeness (QED) is 0.848. The standard InChI is InChI=1S/C15H24ClN3O/c1-4-7-17-8-14-13(16)5-6-15(18-14)19-9-11(2)20-12(3)10-19/h5-6,11-12,17H,4,7-10H2,1-3H3/t11-,12+. The van der Waals surface area contributed by atoms with Crippen LogP contribution >= 0.6 is 11.6 Å². The lowest BCUT2D eigenvalue weighted by Crippen LogP contribution is -2.45. The molecule has 0 spiro atoms. The van der Waals surface area contributed by atoms with Crippen molar-refractivity contribution in [2.45, 2.75) is 45.9 Å². The number of pyridine rings is 1. The number of rotatable bonds is 5. The molecule has 0 bridgehead atoms. The molecular weight excluding hydrogens is 274 g/mol. The van der Waals surface area contributed by atoms with Crippen molar-refractivity contribution in [2.24, 2.45) is 0 Å². The van der Waals surface area contributed by atoms with E-state index in [1.807, 2.05) is 12.1 Å². The van der Waals surface area contributed by atoms with Crippen molar-refractivity contribution in [3.63, 3.8) is 0 Å². The Labute approximate surface area is 126 Å². The van der Waals surface area contributed by atoms with Crippen molar-refractivity contribution < 1.29 is 4.74 Å². The van der Waals surface area contributed by atoms with Gasteiger partial charge in [0, 0.05) is 19.6 Å². The highest BCUT2D eigenvalue weighted by Gasteiger charge is 2.23. The summed E-state index contributed by atoms with van der Waals surface area (Å²) in [6.45, 7) is 9.80. The molecule has 1 aliphatic rings. The van der Waals surface area contributed by atoms with Crippen LogP contribution in [-0.2, 0) is 11.3 Å². The molecule has 2 heterocycles. The third kappa shape index (κ3) is 4.08. The maximum Gasteiger partial charge on any atom is 0.129 e. The van der Waals surface area contributed by atoms with Crippen LogP contribution in [0.2, 0.25) is 5.02 Å². The predicted molar refractivity (Wildman–Crippen MR) is 83.5 cm³/mol. The summed E-state index contributed by atoms with van der Waals surface area (Å²) in [4.78, 5) is 6.99. The maximum atomic E-state index is 6.23. The number of hydrogen-bond acceptors (Lipinski definition) is 4. The topological polar surface area (TPSA) is 37.4 Å². The zero-order chi connectivity index (χ0) is 14.5. The molecule has 5 heteroatoms. The molecule has 1 fully saturated rings. The fraction of sp³-hybridized carbons (Fsp3) is 0.667. The SMILES string of the molecule is CCCNCc1nc(N2C[C@@H](C)O[C@@H](C)C2)ccc1Cl. The van der Waals surface area contributed by atoms with Gasteiger partial charge in [0.1, 0.15) is 5.82 Å². The molecule has 1 aromatic rings. The highest BCUT2D eigenvalue weighted by molar-refractivity contribution is 6.31. The van der Waals surface area contributed by atoms with Gasteiger partial charge in [0.2, 0.25) is 0 Å². The summed E-state index contributed by atoms with van der Waals surface area (Å²) in [5, 5.41) is 4.08. The van der Waals surface area contributed by atoms with E-state index in [9.17, 15) is 0 Å². The fourth-order valence-corrected chi connectivity index (χ4v) is 2.69. The van der Waals surface area contributed by atoms with E-state index in [0.717, 1.165) is 49.1 Å². The van der Waals surface area contributed by atoms with Gasteiger partial charge in [0.15, 0.2) is 0 Å². The summed E-state index contributed by atoms with van der Waals surface area (Å²) in [5.41, 5.74) is 0.921. The lowest BCUT2D eigenvalue weighted by atomic mass is 10.2. The van der Waals surface area contributed by atoms with Gasteiger partial charge in [-0.1, -0.05) is 18.5 Å². The van der Waals surface area contributed by atoms with E-state index in [4.69, 9.17) is 21.3 Å². The van der Waals surface area contributed by atoms with Crippen LogP contribution in [-0.4, -0.2) is 36.8 Å². The Morgan fingerprint density at radius 3 is 2.70 bits per heavy atom. The van der Waals surface area contributed by atoms with E-state index in [2.05, 4.69) is 31.0 Å². The molecule has 112 valence electrons. The second-order valence-electron chi connectivity index (χ2n) is 5.44. The first-order chi connectivity index (χ1) is 9.60. The molecule has 4 nitrogen and oxygen atoms in total. The zero-order valence-corrected chi connectivity index (χ0v) is 13.3. The van der Waals surface area contributed by atoms with Crippen molar-refractivity contribution >= 4 is 17.4 Å². The second kappa shape index (κ2) is 7.25. The van der Waals surface area contributed by atoms with Gasteiger partial charge in [-0.3, -0.25) is 0 Å². The molecule has 1 aromatic heterocycles. The van der Waals surface area contributed by atoms with Crippen molar-refractivity contribution in [1.82, 2.24) is 10.3 Å². The van der Waals surface area contributed by atoms with Crippen LogP contribution in [0.1, 0.15) is 32.9 Å². The Kier molecular flexibility index (Phi) is 5.64.